The second-order valence-electron chi connectivity index (χ2n) is 6.43. The van der Waals surface area contributed by atoms with Gasteiger partial charge in [0.25, 0.3) is 5.56 Å². The van der Waals surface area contributed by atoms with Gasteiger partial charge in [0.1, 0.15) is 0 Å². The van der Waals surface area contributed by atoms with Crippen LogP contribution in [-0.2, 0) is 6.18 Å². The number of aromatic nitrogens is 2. The minimum Gasteiger partial charge on any atom is -0.368 e. The van der Waals surface area contributed by atoms with Gasteiger partial charge in [0.2, 0.25) is 5.95 Å². The number of H-pyrrole nitrogens is 1. The molecule has 8 heteroatoms. The standard InChI is InChI=1S/C19H17F3N4O/c20-19(21,22)13-5-7-14(8-6-13)25-9-11-26(12-10-25)18-23-16-4-2-1-3-15(16)17(27)24-18/h1-8H,9-12H2,(H,23,24,27). The maximum absolute atomic E-state index is 12.7. The van der Waals surface area contributed by atoms with Crippen LogP contribution < -0.4 is 15.4 Å². The van der Waals surface area contributed by atoms with Crippen molar-refractivity contribution >= 4 is 22.5 Å². The lowest BCUT2D eigenvalue weighted by molar-refractivity contribution is -0.137. The van der Waals surface area contributed by atoms with Crippen LogP contribution in [-0.4, -0.2) is 36.1 Å². The van der Waals surface area contributed by atoms with Gasteiger partial charge in [-0.15, -0.1) is 0 Å². The van der Waals surface area contributed by atoms with Crippen LogP contribution in [0.25, 0.3) is 10.9 Å². The number of anilines is 2. The van der Waals surface area contributed by atoms with E-state index in [-0.39, 0.29) is 5.56 Å². The molecule has 0 saturated carbocycles. The molecule has 1 aliphatic rings. The Morgan fingerprint density at radius 3 is 2.19 bits per heavy atom. The largest absolute Gasteiger partial charge is 0.416 e. The molecule has 1 N–H and O–H groups in total. The van der Waals surface area contributed by atoms with Crippen molar-refractivity contribution in [3.05, 3.63) is 64.4 Å². The van der Waals surface area contributed by atoms with Crippen LogP contribution in [0, 0.1) is 0 Å². The smallest absolute Gasteiger partial charge is 0.368 e. The highest BCUT2D eigenvalue weighted by Gasteiger charge is 2.30. The van der Waals surface area contributed by atoms with Crippen molar-refractivity contribution in [3.63, 3.8) is 0 Å². The van der Waals surface area contributed by atoms with Gasteiger partial charge < -0.3 is 9.80 Å². The number of fused-ring (bicyclic) bond motifs is 1. The first-order chi connectivity index (χ1) is 12.9. The zero-order chi connectivity index (χ0) is 19.0. The second kappa shape index (κ2) is 6.61. The molecule has 0 atom stereocenters. The number of rotatable bonds is 2. The number of alkyl halides is 3. The Morgan fingerprint density at radius 1 is 0.889 bits per heavy atom. The minimum absolute atomic E-state index is 0.180. The van der Waals surface area contributed by atoms with Gasteiger partial charge in [-0.25, -0.2) is 4.98 Å². The number of hydrogen-bond acceptors (Lipinski definition) is 4. The molecule has 1 aromatic heterocycles. The molecule has 5 nitrogen and oxygen atoms in total. The van der Waals surface area contributed by atoms with Crippen molar-refractivity contribution in [1.29, 1.82) is 0 Å². The highest BCUT2D eigenvalue weighted by atomic mass is 19.4. The van der Waals surface area contributed by atoms with E-state index in [1.54, 1.807) is 18.2 Å². The summed E-state index contributed by atoms with van der Waals surface area (Å²) in [4.78, 5) is 23.6. The summed E-state index contributed by atoms with van der Waals surface area (Å²) < 4.78 is 38.1. The number of hydrogen-bond donors (Lipinski definition) is 1. The van der Waals surface area contributed by atoms with E-state index in [1.807, 2.05) is 15.9 Å². The van der Waals surface area contributed by atoms with Crippen molar-refractivity contribution in [2.75, 3.05) is 36.0 Å². The fraction of sp³-hybridized carbons (Fsp3) is 0.263. The van der Waals surface area contributed by atoms with Crippen LogP contribution in [0.1, 0.15) is 5.56 Å². The number of aromatic amines is 1. The normalized spacial score (nSPS) is 15.4. The predicted molar refractivity (Wildman–Crippen MR) is 98.2 cm³/mol. The fourth-order valence-electron chi connectivity index (χ4n) is 3.26. The number of halogens is 3. The van der Waals surface area contributed by atoms with Crippen LogP contribution in [0.5, 0.6) is 0 Å². The van der Waals surface area contributed by atoms with E-state index in [2.05, 4.69) is 9.97 Å². The van der Waals surface area contributed by atoms with Crippen LogP contribution in [0.3, 0.4) is 0 Å². The molecule has 2 heterocycles. The summed E-state index contributed by atoms with van der Waals surface area (Å²) in [5.74, 6) is 0.519. The quantitative estimate of drug-likeness (QED) is 0.748. The zero-order valence-electron chi connectivity index (χ0n) is 14.3. The highest BCUT2D eigenvalue weighted by Crippen LogP contribution is 2.30. The van der Waals surface area contributed by atoms with Gasteiger partial charge in [0.15, 0.2) is 0 Å². The molecule has 1 aliphatic heterocycles. The third-order valence-corrected chi connectivity index (χ3v) is 4.74. The van der Waals surface area contributed by atoms with Crippen LogP contribution in [0.4, 0.5) is 24.8 Å². The fourth-order valence-corrected chi connectivity index (χ4v) is 3.26. The molecule has 3 aromatic rings. The Hall–Kier alpha value is -3.03. The van der Waals surface area contributed by atoms with Crippen molar-refractivity contribution in [3.8, 4) is 0 Å². The molecule has 0 bridgehead atoms. The summed E-state index contributed by atoms with van der Waals surface area (Å²) in [6.45, 7) is 2.48. The molecular formula is C19H17F3N4O. The molecule has 140 valence electrons. The Kier molecular flexibility index (Phi) is 4.25. The average molecular weight is 374 g/mol. The van der Waals surface area contributed by atoms with E-state index >= 15 is 0 Å². The molecular weight excluding hydrogens is 357 g/mol. The summed E-state index contributed by atoms with van der Waals surface area (Å²) in [7, 11) is 0. The molecule has 4 rings (SSSR count). The molecule has 0 unspecified atom stereocenters. The Balaban J connectivity index is 1.48. The van der Waals surface area contributed by atoms with Gasteiger partial charge in [-0.05, 0) is 36.4 Å². The van der Waals surface area contributed by atoms with E-state index in [0.29, 0.717) is 43.0 Å². The Labute approximate surface area is 153 Å². The first kappa shape index (κ1) is 17.4. The van der Waals surface area contributed by atoms with Crippen molar-refractivity contribution in [2.24, 2.45) is 0 Å². The molecule has 0 amide bonds. The van der Waals surface area contributed by atoms with Crippen LogP contribution in [0.2, 0.25) is 0 Å². The van der Waals surface area contributed by atoms with Gasteiger partial charge >= 0.3 is 6.18 Å². The van der Waals surface area contributed by atoms with Gasteiger partial charge in [0.05, 0.1) is 16.5 Å². The maximum Gasteiger partial charge on any atom is 0.416 e. The number of nitrogens with zero attached hydrogens (tertiary/aromatic N) is 3. The van der Waals surface area contributed by atoms with Crippen LogP contribution >= 0.6 is 0 Å². The molecule has 1 fully saturated rings. The first-order valence-electron chi connectivity index (χ1n) is 8.58. The predicted octanol–water partition coefficient (Wildman–Crippen LogP) is 3.27. The minimum atomic E-state index is -4.33. The topological polar surface area (TPSA) is 52.2 Å². The van der Waals surface area contributed by atoms with E-state index < -0.39 is 11.7 Å². The molecule has 27 heavy (non-hydrogen) atoms. The van der Waals surface area contributed by atoms with Gasteiger partial charge in [-0.3, -0.25) is 9.78 Å². The summed E-state index contributed by atoms with van der Waals surface area (Å²) in [6, 6.07) is 12.3. The number of nitrogens with one attached hydrogen (secondary N) is 1. The van der Waals surface area contributed by atoms with Crippen molar-refractivity contribution in [2.45, 2.75) is 6.18 Å². The molecule has 1 saturated heterocycles. The lowest BCUT2D eigenvalue weighted by Crippen LogP contribution is -2.47. The maximum atomic E-state index is 12.7. The van der Waals surface area contributed by atoms with Crippen LogP contribution in [0.15, 0.2) is 53.3 Å². The molecule has 0 spiro atoms. The summed E-state index contributed by atoms with van der Waals surface area (Å²) in [6.07, 6.45) is -4.33. The summed E-state index contributed by atoms with van der Waals surface area (Å²) in [5, 5.41) is 0.546. The zero-order valence-corrected chi connectivity index (χ0v) is 14.3. The number of piperazine rings is 1. The SMILES string of the molecule is O=c1[nH]c(N2CCN(c3ccc(C(F)(F)F)cc3)CC2)nc2ccccc12. The third-order valence-electron chi connectivity index (χ3n) is 4.74. The second-order valence-corrected chi connectivity index (χ2v) is 6.43. The van der Waals surface area contributed by atoms with E-state index in [4.69, 9.17) is 0 Å². The third kappa shape index (κ3) is 3.47. The monoisotopic (exact) mass is 374 g/mol. The lowest BCUT2D eigenvalue weighted by Gasteiger charge is -2.36. The van der Waals surface area contributed by atoms with Gasteiger partial charge in [-0.1, -0.05) is 12.1 Å². The molecule has 0 aliphatic carbocycles. The van der Waals surface area contributed by atoms with E-state index in [1.165, 1.54) is 12.1 Å². The highest BCUT2D eigenvalue weighted by molar-refractivity contribution is 5.78. The van der Waals surface area contributed by atoms with E-state index in [9.17, 15) is 18.0 Å². The Morgan fingerprint density at radius 2 is 1.52 bits per heavy atom. The lowest BCUT2D eigenvalue weighted by atomic mass is 10.1. The average Bonchev–Trinajstić information content (AvgIpc) is 2.67. The number of para-hydroxylation sites is 1. The van der Waals surface area contributed by atoms with E-state index in [0.717, 1.165) is 17.8 Å². The Bertz CT molecular complexity index is 1010. The van der Waals surface area contributed by atoms with Gasteiger partial charge in [0, 0.05) is 31.9 Å². The van der Waals surface area contributed by atoms with Crippen molar-refractivity contribution in [1.82, 2.24) is 9.97 Å². The first-order valence-corrected chi connectivity index (χ1v) is 8.58. The van der Waals surface area contributed by atoms with Crippen molar-refractivity contribution < 1.29 is 13.2 Å². The molecule has 0 radical (unpaired) electrons. The molecule has 2 aromatic carbocycles. The summed E-state index contributed by atoms with van der Waals surface area (Å²) in [5.41, 5.74) is 0.563. The van der Waals surface area contributed by atoms with Gasteiger partial charge in [-0.2, -0.15) is 13.2 Å². The number of benzene rings is 2. The summed E-state index contributed by atoms with van der Waals surface area (Å²) >= 11 is 0.